The molecule has 0 bridgehead atoms. The van der Waals surface area contributed by atoms with Crippen molar-refractivity contribution >= 4 is 16.8 Å². The topological polar surface area (TPSA) is 28.5 Å². The number of nitrogens with zero attached hydrogens (tertiary/aromatic N) is 3. The lowest BCUT2D eigenvalue weighted by Gasteiger charge is -2.16. The zero-order chi connectivity index (χ0) is 17.1. The quantitative estimate of drug-likeness (QED) is 0.804. The maximum atomic E-state index is 12.2. The van der Waals surface area contributed by atoms with Crippen molar-refractivity contribution in [2.24, 2.45) is 0 Å². The van der Waals surface area contributed by atoms with E-state index in [1.54, 1.807) is 0 Å². The van der Waals surface area contributed by atoms with Gasteiger partial charge in [0.05, 0.1) is 6.67 Å². The molecule has 2 aromatic rings. The number of carbonyl (C=O) groups is 1. The second-order valence-electron chi connectivity index (χ2n) is 7.55. The molecule has 0 unspecified atom stereocenters. The molecule has 2 saturated heterocycles. The molecule has 0 radical (unpaired) electrons. The van der Waals surface area contributed by atoms with Crippen LogP contribution in [0.25, 0.3) is 10.9 Å². The van der Waals surface area contributed by atoms with Crippen molar-refractivity contribution in [2.75, 3.05) is 26.2 Å². The summed E-state index contributed by atoms with van der Waals surface area (Å²) in [6.07, 6.45) is 9.95. The number of benzene rings is 1. The molecule has 4 rings (SSSR count). The fraction of sp³-hybridized carbons (Fsp3) is 0.571. The fourth-order valence-corrected chi connectivity index (χ4v) is 4.33. The highest BCUT2D eigenvalue weighted by Crippen LogP contribution is 2.24. The SMILES string of the molecule is O=C(CCCc1cn(CN2CCCC2)c2ccccc12)N1CCCC1. The smallest absolute Gasteiger partial charge is 0.222 e. The number of carbonyl (C=O) groups excluding carboxylic acids is 1. The number of para-hydroxylation sites is 1. The molecule has 4 heteroatoms. The molecule has 0 spiro atoms. The molecule has 2 aliphatic rings. The van der Waals surface area contributed by atoms with Gasteiger partial charge in [0.2, 0.25) is 5.91 Å². The average Bonchev–Trinajstić information content (AvgIpc) is 3.37. The predicted octanol–water partition coefficient (Wildman–Crippen LogP) is 3.64. The second-order valence-corrected chi connectivity index (χ2v) is 7.55. The van der Waals surface area contributed by atoms with Gasteiger partial charge in [-0.1, -0.05) is 18.2 Å². The number of likely N-dealkylation sites (tertiary alicyclic amines) is 2. The van der Waals surface area contributed by atoms with Crippen molar-refractivity contribution in [3.63, 3.8) is 0 Å². The zero-order valence-electron chi connectivity index (χ0n) is 15.1. The van der Waals surface area contributed by atoms with Gasteiger partial charge < -0.3 is 9.47 Å². The standard InChI is InChI=1S/C21H29N3O/c25-21(23-14-5-6-15-23)11-7-8-18-16-24(17-22-12-3-4-13-22)20-10-2-1-9-19(18)20/h1-2,9-10,16H,3-8,11-15,17H2. The molecule has 2 aliphatic heterocycles. The number of aromatic nitrogens is 1. The van der Waals surface area contributed by atoms with Crippen LogP contribution in [0.5, 0.6) is 0 Å². The summed E-state index contributed by atoms with van der Waals surface area (Å²) in [7, 11) is 0. The highest BCUT2D eigenvalue weighted by atomic mass is 16.2. The van der Waals surface area contributed by atoms with Gasteiger partial charge in [-0.3, -0.25) is 9.69 Å². The molecule has 0 N–H and O–H groups in total. The summed E-state index contributed by atoms with van der Waals surface area (Å²) in [4.78, 5) is 16.8. The summed E-state index contributed by atoms with van der Waals surface area (Å²) in [5.41, 5.74) is 2.72. The van der Waals surface area contributed by atoms with Crippen molar-refractivity contribution in [2.45, 2.75) is 51.6 Å². The molecular weight excluding hydrogens is 310 g/mol. The third-order valence-corrected chi connectivity index (χ3v) is 5.72. The van der Waals surface area contributed by atoms with Crippen LogP contribution in [0.3, 0.4) is 0 Å². The Hall–Kier alpha value is -1.81. The molecule has 1 amide bonds. The Morgan fingerprint density at radius 2 is 1.68 bits per heavy atom. The molecule has 25 heavy (non-hydrogen) atoms. The Kier molecular flexibility index (Phi) is 5.07. The highest BCUT2D eigenvalue weighted by Gasteiger charge is 2.18. The highest BCUT2D eigenvalue weighted by molar-refractivity contribution is 5.84. The fourth-order valence-electron chi connectivity index (χ4n) is 4.33. The maximum Gasteiger partial charge on any atom is 0.222 e. The average molecular weight is 339 g/mol. The predicted molar refractivity (Wildman–Crippen MR) is 101 cm³/mol. The molecule has 134 valence electrons. The van der Waals surface area contributed by atoms with Gasteiger partial charge in [-0.15, -0.1) is 0 Å². The van der Waals surface area contributed by atoms with Crippen LogP contribution in [0.2, 0.25) is 0 Å². The molecule has 0 saturated carbocycles. The lowest BCUT2D eigenvalue weighted by Crippen LogP contribution is -2.27. The molecule has 1 aromatic carbocycles. The Morgan fingerprint density at radius 1 is 0.960 bits per heavy atom. The van der Waals surface area contributed by atoms with E-state index in [0.29, 0.717) is 12.3 Å². The molecule has 0 atom stereocenters. The van der Waals surface area contributed by atoms with Crippen LogP contribution in [0, 0.1) is 0 Å². The van der Waals surface area contributed by atoms with Crippen molar-refractivity contribution in [3.05, 3.63) is 36.0 Å². The first-order valence-electron chi connectivity index (χ1n) is 9.88. The van der Waals surface area contributed by atoms with E-state index in [2.05, 4.69) is 39.9 Å². The zero-order valence-corrected chi connectivity index (χ0v) is 15.1. The van der Waals surface area contributed by atoms with Gasteiger partial charge in [0, 0.05) is 36.6 Å². The first-order chi connectivity index (χ1) is 12.3. The van der Waals surface area contributed by atoms with E-state index >= 15 is 0 Å². The molecular formula is C21H29N3O. The minimum absolute atomic E-state index is 0.346. The van der Waals surface area contributed by atoms with Crippen LogP contribution < -0.4 is 0 Å². The third kappa shape index (κ3) is 3.74. The normalized spacial score (nSPS) is 18.5. The number of amides is 1. The van der Waals surface area contributed by atoms with Crippen LogP contribution in [0.4, 0.5) is 0 Å². The summed E-state index contributed by atoms with van der Waals surface area (Å²) >= 11 is 0. The minimum atomic E-state index is 0.346. The van der Waals surface area contributed by atoms with Gasteiger partial charge in [0.25, 0.3) is 0 Å². The summed E-state index contributed by atoms with van der Waals surface area (Å²) in [6.45, 7) is 5.35. The van der Waals surface area contributed by atoms with Gasteiger partial charge in [0.1, 0.15) is 0 Å². The first kappa shape index (κ1) is 16.6. The van der Waals surface area contributed by atoms with Gasteiger partial charge in [-0.2, -0.15) is 0 Å². The Morgan fingerprint density at radius 3 is 2.48 bits per heavy atom. The largest absolute Gasteiger partial charge is 0.343 e. The van der Waals surface area contributed by atoms with Gasteiger partial charge in [-0.25, -0.2) is 0 Å². The van der Waals surface area contributed by atoms with Crippen molar-refractivity contribution in [1.29, 1.82) is 0 Å². The van der Waals surface area contributed by atoms with E-state index in [0.717, 1.165) is 32.6 Å². The molecule has 1 aromatic heterocycles. The van der Waals surface area contributed by atoms with Crippen molar-refractivity contribution in [3.8, 4) is 0 Å². The van der Waals surface area contributed by atoms with Crippen LogP contribution >= 0.6 is 0 Å². The summed E-state index contributed by atoms with van der Waals surface area (Å²) in [5, 5.41) is 1.36. The summed E-state index contributed by atoms with van der Waals surface area (Å²) < 4.78 is 2.40. The maximum absolute atomic E-state index is 12.2. The second kappa shape index (κ2) is 7.61. The number of hydrogen-bond donors (Lipinski definition) is 0. The van der Waals surface area contributed by atoms with E-state index in [-0.39, 0.29) is 0 Å². The molecule has 4 nitrogen and oxygen atoms in total. The van der Waals surface area contributed by atoms with E-state index in [4.69, 9.17) is 0 Å². The Balaban J connectivity index is 1.42. The van der Waals surface area contributed by atoms with Gasteiger partial charge >= 0.3 is 0 Å². The number of aryl methyl sites for hydroxylation is 1. The van der Waals surface area contributed by atoms with Crippen LogP contribution in [0.15, 0.2) is 30.5 Å². The van der Waals surface area contributed by atoms with Gasteiger partial charge in [0.15, 0.2) is 0 Å². The monoisotopic (exact) mass is 339 g/mol. The number of hydrogen-bond acceptors (Lipinski definition) is 2. The van der Waals surface area contributed by atoms with Gasteiger partial charge in [-0.05, 0) is 63.2 Å². The summed E-state index contributed by atoms with van der Waals surface area (Å²) in [5.74, 6) is 0.346. The van der Waals surface area contributed by atoms with E-state index in [1.807, 2.05) is 4.90 Å². The van der Waals surface area contributed by atoms with E-state index in [9.17, 15) is 4.79 Å². The Labute approximate surface area is 150 Å². The lowest BCUT2D eigenvalue weighted by atomic mass is 10.1. The van der Waals surface area contributed by atoms with Crippen molar-refractivity contribution < 1.29 is 4.79 Å². The molecule has 0 aliphatic carbocycles. The van der Waals surface area contributed by atoms with E-state index < -0.39 is 0 Å². The summed E-state index contributed by atoms with van der Waals surface area (Å²) in [6, 6.07) is 8.71. The molecule has 2 fully saturated rings. The van der Waals surface area contributed by atoms with Crippen LogP contribution in [-0.4, -0.2) is 46.5 Å². The van der Waals surface area contributed by atoms with Crippen molar-refractivity contribution in [1.82, 2.24) is 14.4 Å². The van der Waals surface area contributed by atoms with Crippen LogP contribution in [0.1, 0.15) is 44.1 Å². The number of rotatable bonds is 6. The molecule has 3 heterocycles. The third-order valence-electron chi connectivity index (χ3n) is 5.72. The first-order valence-corrected chi connectivity index (χ1v) is 9.88. The minimum Gasteiger partial charge on any atom is -0.343 e. The van der Waals surface area contributed by atoms with E-state index in [1.165, 1.54) is 55.2 Å². The number of fused-ring (bicyclic) bond motifs is 1. The lowest BCUT2D eigenvalue weighted by molar-refractivity contribution is -0.130. The van der Waals surface area contributed by atoms with Crippen LogP contribution in [-0.2, 0) is 17.9 Å². The Bertz CT molecular complexity index is 724.